The van der Waals surface area contributed by atoms with Gasteiger partial charge in [-0.05, 0) is 24.3 Å². The number of carbonyl (C=O) groups is 1. The van der Waals surface area contributed by atoms with Crippen LogP contribution in [0.5, 0.6) is 5.75 Å². The lowest BCUT2D eigenvalue weighted by Crippen LogP contribution is -2.23. The van der Waals surface area contributed by atoms with E-state index in [9.17, 15) is 9.90 Å². The Morgan fingerprint density at radius 2 is 2.00 bits per heavy atom. The molecule has 118 valence electrons. The monoisotopic (exact) mass is 329 g/mol. The fraction of sp³-hybridized carbons (Fsp3) is 0.176. The average Bonchev–Trinajstić information content (AvgIpc) is 2.96. The second-order valence-electron chi connectivity index (χ2n) is 5.32. The van der Waals surface area contributed by atoms with Crippen LogP contribution in [0, 0.1) is 0 Å². The molecule has 0 saturated heterocycles. The van der Waals surface area contributed by atoms with Gasteiger partial charge in [0.1, 0.15) is 11.6 Å². The van der Waals surface area contributed by atoms with Gasteiger partial charge in [-0.3, -0.25) is 9.79 Å². The predicted molar refractivity (Wildman–Crippen MR) is 91.5 cm³/mol. The summed E-state index contributed by atoms with van der Waals surface area (Å²) in [5.74, 6) is 0.576. The molecule has 3 rings (SSSR count). The molecule has 0 radical (unpaired) electrons. The fourth-order valence-electron chi connectivity index (χ4n) is 2.42. The number of phenolic OH excluding ortho intramolecular Hbond substituents is 1. The summed E-state index contributed by atoms with van der Waals surface area (Å²) < 4.78 is 0. The molecule has 0 spiro atoms. The van der Waals surface area contributed by atoms with E-state index in [1.165, 1.54) is 6.07 Å². The number of halogens is 1. The highest BCUT2D eigenvalue weighted by molar-refractivity contribution is 6.30. The Kier molecular flexibility index (Phi) is 4.21. The summed E-state index contributed by atoms with van der Waals surface area (Å²) >= 11 is 5.77. The van der Waals surface area contributed by atoms with E-state index in [1.54, 1.807) is 24.3 Å². The van der Waals surface area contributed by atoms with Crippen LogP contribution in [0.15, 0.2) is 47.5 Å². The van der Waals surface area contributed by atoms with Crippen LogP contribution >= 0.6 is 11.6 Å². The molecule has 0 saturated carbocycles. The number of hydrogen-bond donors (Lipinski definition) is 2. The van der Waals surface area contributed by atoms with E-state index in [2.05, 4.69) is 15.2 Å². The molecule has 0 bridgehead atoms. The third-order valence-corrected chi connectivity index (χ3v) is 3.91. The molecule has 1 heterocycles. The van der Waals surface area contributed by atoms with Gasteiger partial charge in [-0.2, -0.15) is 0 Å². The van der Waals surface area contributed by atoms with E-state index in [1.807, 2.05) is 19.2 Å². The molecule has 6 heteroatoms. The standard InChI is InChI=1S/C17H16ClN3O2/c1-21-9-8-19-16(21)11-2-4-12(5-3-11)17(23)20-14-7-6-13(18)10-15(14)22/h2-7,10,22H,8-9H2,1H3,(H,20,23). The quantitative estimate of drug-likeness (QED) is 0.851. The second kappa shape index (κ2) is 6.30. The zero-order valence-corrected chi connectivity index (χ0v) is 13.3. The minimum absolute atomic E-state index is 0.0654. The van der Waals surface area contributed by atoms with Crippen LogP contribution < -0.4 is 5.32 Å². The van der Waals surface area contributed by atoms with Gasteiger partial charge in [0.2, 0.25) is 0 Å². The first-order valence-corrected chi connectivity index (χ1v) is 7.58. The number of aliphatic imine (C=N–C) groups is 1. The maximum atomic E-state index is 12.3. The van der Waals surface area contributed by atoms with Crippen LogP contribution in [0.2, 0.25) is 5.02 Å². The normalized spacial score (nSPS) is 13.8. The number of rotatable bonds is 3. The van der Waals surface area contributed by atoms with E-state index < -0.39 is 0 Å². The van der Waals surface area contributed by atoms with Gasteiger partial charge in [0.05, 0.1) is 12.2 Å². The zero-order chi connectivity index (χ0) is 16.4. The summed E-state index contributed by atoms with van der Waals surface area (Å²) in [5.41, 5.74) is 1.81. The summed E-state index contributed by atoms with van der Waals surface area (Å²) in [4.78, 5) is 18.8. The van der Waals surface area contributed by atoms with Gasteiger partial charge < -0.3 is 15.3 Å². The van der Waals surface area contributed by atoms with Crippen molar-refractivity contribution < 1.29 is 9.90 Å². The van der Waals surface area contributed by atoms with Gasteiger partial charge in [-0.15, -0.1) is 0 Å². The van der Waals surface area contributed by atoms with Crippen molar-refractivity contribution >= 4 is 29.0 Å². The van der Waals surface area contributed by atoms with Gasteiger partial charge in [-0.25, -0.2) is 0 Å². The lowest BCUT2D eigenvalue weighted by molar-refractivity contribution is 0.102. The fourth-order valence-corrected chi connectivity index (χ4v) is 2.59. The first kappa shape index (κ1) is 15.4. The molecule has 0 aromatic heterocycles. The third kappa shape index (κ3) is 3.29. The minimum Gasteiger partial charge on any atom is -0.506 e. The van der Waals surface area contributed by atoms with Crippen LogP contribution in [0.25, 0.3) is 0 Å². The molecule has 2 aromatic rings. The summed E-state index contributed by atoms with van der Waals surface area (Å²) in [6, 6.07) is 11.8. The average molecular weight is 330 g/mol. The van der Waals surface area contributed by atoms with Crippen LogP contribution in [0.1, 0.15) is 15.9 Å². The number of amides is 1. The number of likely N-dealkylation sites (N-methyl/N-ethyl adjacent to an activating group) is 1. The Balaban J connectivity index is 1.75. The molecule has 0 aliphatic carbocycles. The van der Waals surface area contributed by atoms with E-state index in [0.29, 0.717) is 16.3 Å². The van der Waals surface area contributed by atoms with E-state index >= 15 is 0 Å². The van der Waals surface area contributed by atoms with Gasteiger partial charge in [0, 0.05) is 35.8 Å². The molecule has 0 unspecified atom stereocenters. The number of benzene rings is 2. The van der Waals surface area contributed by atoms with Gasteiger partial charge in [0.15, 0.2) is 0 Å². The minimum atomic E-state index is -0.295. The topological polar surface area (TPSA) is 64.9 Å². The highest BCUT2D eigenvalue weighted by atomic mass is 35.5. The third-order valence-electron chi connectivity index (χ3n) is 3.67. The van der Waals surface area contributed by atoms with Crippen molar-refractivity contribution in [2.75, 3.05) is 25.5 Å². The predicted octanol–water partition coefficient (Wildman–Crippen LogP) is 2.99. The molecule has 2 aromatic carbocycles. The Morgan fingerprint density at radius 3 is 2.61 bits per heavy atom. The number of carbonyl (C=O) groups excluding carboxylic acids is 1. The van der Waals surface area contributed by atoms with Gasteiger partial charge in [-0.1, -0.05) is 23.7 Å². The van der Waals surface area contributed by atoms with E-state index in [0.717, 1.165) is 24.5 Å². The van der Waals surface area contributed by atoms with E-state index in [4.69, 9.17) is 11.6 Å². The molecule has 1 aliphatic heterocycles. The van der Waals surface area contributed by atoms with Crippen molar-refractivity contribution in [3.05, 3.63) is 58.6 Å². The maximum absolute atomic E-state index is 12.3. The second-order valence-corrected chi connectivity index (χ2v) is 5.76. The number of phenols is 1. The smallest absolute Gasteiger partial charge is 0.255 e. The molecular weight excluding hydrogens is 314 g/mol. The van der Waals surface area contributed by atoms with Crippen LogP contribution in [-0.4, -0.2) is 41.9 Å². The summed E-state index contributed by atoms with van der Waals surface area (Å²) in [7, 11) is 2.00. The molecule has 2 N–H and O–H groups in total. The van der Waals surface area contributed by atoms with E-state index in [-0.39, 0.29) is 11.7 Å². The summed E-state index contributed by atoms with van der Waals surface area (Å²) in [6.07, 6.45) is 0. The van der Waals surface area contributed by atoms with Gasteiger partial charge >= 0.3 is 0 Å². The number of anilines is 1. The Morgan fingerprint density at radius 1 is 1.26 bits per heavy atom. The number of amidine groups is 1. The largest absolute Gasteiger partial charge is 0.506 e. The molecule has 1 amide bonds. The van der Waals surface area contributed by atoms with Crippen molar-refractivity contribution in [2.45, 2.75) is 0 Å². The highest BCUT2D eigenvalue weighted by Gasteiger charge is 2.15. The van der Waals surface area contributed by atoms with Crippen molar-refractivity contribution in [2.24, 2.45) is 4.99 Å². The Hall–Kier alpha value is -2.53. The number of nitrogens with one attached hydrogen (secondary N) is 1. The summed E-state index contributed by atoms with van der Waals surface area (Å²) in [5, 5.41) is 12.9. The van der Waals surface area contributed by atoms with Crippen LogP contribution in [0.3, 0.4) is 0 Å². The molecule has 23 heavy (non-hydrogen) atoms. The lowest BCUT2D eigenvalue weighted by Gasteiger charge is -2.14. The molecule has 5 nitrogen and oxygen atoms in total. The first-order valence-electron chi connectivity index (χ1n) is 7.20. The number of hydrogen-bond acceptors (Lipinski definition) is 4. The summed E-state index contributed by atoms with van der Waals surface area (Å²) in [6.45, 7) is 1.71. The van der Waals surface area contributed by atoms with Crippen LogP contribution in [-0.2, 0) is 0 Å². The molecule has 0 fully saturated rings. The zero-order valence-electron chi connectivity index (χ0n) is 12.6. The molecular formula is C17H16ClN3O2. The van der Waals surface area contributed by atoms with Crippen LogP contribution in [0.4, 0.5) is 5.69 Å². The Bertz CT molecular complexity index is 772. The number of aromatic hydroxyl groups is 1. The Labute approximate surface area is 139 Å². The van der Waals surface area contributed by atoms with Crippen molar-refractivity contribution in [1.29, 1.82) is 0 Å². The lowest BCUT2D eigenvalue weighted by atomic mass is 10.1. The highest BCUT2D eigenvalue weighted by Crippen LogP contribution is 2.27. The van der Waals surface area contributed by atoms with Gasteiger partial charge in [0.25, 0.3) is 5.91 Å². The van der Waals surface area contributed by atoms with Crippen molar-refractivity contribution in [3.63, 3.8) is 0 Å². The molecule has 1 aliphatic rings. The van der Waals surface area contributed by atoms with Crippen molar-refractivity contribution in [3.8, 4) is 5.75 Å². The SMILES string of the molecule is CN1CCN=C1c1ccc(C(=O)Nc2ccc(Cl)cc2O)cc1. The van der Waals surface area contributed by atoms with Crippen molar-refractivity contribution in [1.82, 2.24) is 4.90 Å². The molecule has 0 atom stereocenters. The number of nitrogens with zero attached hydrogens (tertiary/aromatic N) is 2. The maximum Gasteiger partial charge on any atom is 0.255 e. The first-order chi connectivity index (χ1) is 11.0.